The van der Waals surface area contributed by atoms with Crippen LogP contribution in [0.4, 0.5) is 5.82 Å². The Morgan fingerprint density at radius 1 is 0.625 bits per heavy atom. The van der Waals surface area contributed by atoms with Gasteiger partial charge < -0.3 is 49.6 Å². The zero-order valence-electron chi connectivity index (χ0n) is 44.8. The summed E-state index contributed by atoms with van der Waals surface area (Å²) in [4.78, 5) is 78.9. The third-order valence-corrected chi connectivity index (χ3v) is 15.5. The van der Waals surface area contributed by atoms with E-state index in [1.807, 2.05) is 23.0 Å². The van der Waals surface area contributed by atoms with Crippen LogP contribution in [0.1, 0.15) is 94.5 Å². The Hall–Kier alpha value is -3.50. The molecule has 0 unspecified atom stereocenters. The Balaban J connectivity index is 0.000000220. The molecule has 9 heterocycles. The first-order chi connectivity index (χ1) is 37.0. The number of Topliss-reactive ketones (excluding diaryl/α,β-unsaturated/α-hetero) is 1. The fraction of sp³-hybridized carbons (Fsp3) is 0.542. The smallest absolute Gasteiger partial charge is 0.793 e. The van der Waals surface area contributed by atoms with E-state index in [9.17, 15) is 19.2 Å². The van der Waals surface area contributed by atoms with E-state index in [1.54, 1.807) is 18.6 Å². The number of nitrogens with zero attached hydrogens (tertiary/aromatic N) is 11. The summed E-state index contributed by atoms with van der Waals surface area (Å²) in [6.45, 7) is 15.0. The fourth-order valence-electron chi connectivity index (χ4n) is 9.26. The summed E-state index contributed by atoms with van der Waals surface area (Å²) < 4.78 is 27.8. The SMILES string of the molecule is C1COCCN1.CC(=O)OOC(C)=O.Clc1nccn2c(C3CC(N4CCOCC4)C3)nc(Br)c12.N.Nc1nccn2c(C3CC(N4CCOCC4)C3)nc(Br)c12.O.O=C1CC(c2nc(Br)c3c(Cl)nccn23)C1.[B-]OC(C)=O.[Na+]. The number of anilines is 1. The number of nitrogens with one attached hydrogen (secondary N) is 1. The molecule has 6 aromatic heterocycles. The number of fused-ring (bicyclic) bond motifs is 3. The normalized spacial score (nSPS) is 20.5. The number of ether oxygens (including phenoxy) is 3. The Morgan fingerprint density at radius 3 is 1.31 bits per heavy atom. The van der Waals surface area contributed by atoms with Crippen molar-refractivity contribution in [1.82, 2.24) is 64.4 Å². The van der Waals surface area contributed by atoms with Crippen molar-refractivity contribution in [3.05, 3.63) is 78.8 Å². The summed E-state index contributed by atoms with van der Waals surface area (Å²) in [5.74, 6) is 3.33. The molecule has 8 N–H and O–H groups in total. The molecule has 0 spiro atoms. The molecule has 80 heavy (non-hydrogen) atoms. The van der Waals surface area contributed by atoms with Gasteiger partial charge in [-0.05, 0) is 73.5 Å². The molecule has 12 rings (SSSR count). The number of imidazole rings is 3. The number of morpholine rings is 3. The van der Waals surface area contributed by atoms with E-state index in [0.29, 0.717) is 57.5 Å². The summed E-state index contributed by atoms with van der Waals surface area (Å²) in [6.07, 6.45) is 16.6. The molecule has 0 amide bonds. The van der Waals surface area contributed by atoms with E-state index in [2.05, 4.69) is 124 Å². The van der Waals surface area contributed by atoms with Gasteiger partial charge in [0.05, 0.1) is 39.6 Å². The molecule has 3 saturated carbocycles. The van der Waals surface area contributed by atoms with Crippen LogP contribution in [0.15, 0.2) is 51.0 Å². The van der Waals surface area contributed by atoms with E-state index in [4.69, 9.17) is 43.1 Å². The van der Waals surface area contributed by atoms with E-state index in [0.717, 1.165) is 162 Å². The second-order valence-electron chi connectivity index (χ2n) is 18.4. The van der Waals surface area contributed by atoms with Crippen LogP contribution >= 0.6 is 71.0 Å². The minimum absolute atomic E-state index is 0. The van der Waals surface area contributed by atoms with Crippen LogP contribution in [-0.4, -0.2) is 181 Å². The van der Waals surface area contributed by atoms with Gasteiger partial charge in [-0.1, -0.05) is 23.2 Å². The Morgan fingerprint density at radius 2 is 0.975 bits per heavy atom. The number of hydrogen-bond acceptors (Lipinski definition) is 21. The largest absolute Gasteiger partial charge is 1.00 e. The number of aromatic nitrogens is 9. The number of hydrogen-bond donors (Lipinski definition) is 3. The second kappa shape index (κ2) is 33.7. The number of carbonyl (C=O) groups is 4. The molecule has 0 aromatic carbocycles. The van der Waals surface area contributed by atoms with Crippen LogP contribution in [0.5, 0.6) is 0 Å². The maximum Gasteiger partial charge on any atom is 1.00 e. The Labute approximate surface area is 520 Å². The molecule has 32 heteroatoms. The van der Waals surface area contributed by atoms with Gasteiger partial charge in [0.1, 0.15) is 53.6 Å². The van der Waals surface area contributed by atoms with Crippen molar-refractivity contribution in [3.63, 3.8) is 0 Å². The van der Waals surface area contributed by atoms with Crippen molar-refractivity contribution in [1.29, 1.82) is 0 Å². The maximum atomic E-state index is 11.0. The zero-order valence-corrected chi connectivity index (χ0v) is 53.1. The summed E-state index contributed by atoms with van der Waals surface area (Å²) in [5.41, 5.74) is 8.45. The number of nitrogens with two attached hydrogens (primary N) is 1. The number of halogens is 5. The van der Waals surface area contributed by atoms with Crippen molar-refractivity contribution in [2.24, 2.45) is 0 Å². The second-order valence-corrected chi connectivity index (χ2v) is 21.4. The quantitative estimate of drug-likeness (QED) is 0.127. The molecule has 3 saturated heterocycles. The molecule has 6 aliphatic rings. The molecule has 3 aliphatic carbocycles. The molecule has 6 aromatic rings. The molecule has 431 valence electrons. The number of nitrogen functional groups attached to an aromatic ring is 1. The predicted molar refractivity (Wildman–Crippen MR) is 303 cm³/mol. The van der Waals surface area contributed by atoms with Gasteiger partial charge in [0.25, 0.3) is 0 Å². The molecular formula is C48H64BBr3Cl2N14NaO11. The maximum absolute atomic E-state index is 11.0. The monoisotopic (exact) mass is 1350 g/mol. The van der Waals surface area contributed by atoms with E-state index in [-0.39, 0.29) is 52.9 Å². The molecular weight excluding hydrogens is 1290 g/mol. The van der Waals surface area contributed by atoms with Crippen molar-refractivity contribution in [2.45, 2.75) is 89.1 Å². The van der Waals surface area contributed by atoms with Gasteiger partial charge in [-0.25, -0.2) is 49.3 Å². The van der Waals surface area contributed by atoms with Gasteiger partial charge in [-0.15, -0.1) is 0 Å². The Bertz CT molecular complexity index is 2830. The van der Waals surface area contributed by atoms with Gasteiger partial charge in [0.2, 0.25) is 5.97 Å². The van der Waals surface area contributed by atoms with E-state index < -0.39 is 17.9 Å². The van der Waals surface area contributed by atoms with Crippen LogP contribution in [0.2, 0.25) is 10.3 Å². The average molecular weight is 1360 g/mol. The zero-order chi connectivity index (χ0) is 55.2. The van der Waals surface area contributed by atoms with E-state index >= 15 is 0 Å². The van der Waals surface area contributed by atoms with Crippen LogP contribution in [0.3, 0.4) is 0 Å². The van der Waals surface area contributed by atoms with Crippen molar-refractivity contribution < 1.29 is 82.9 Å². The van der Waals surface area contributed by atoms with Gasteiger partial charge in [0, 0.05) is 140 Å². The fourth-order valence-corrected chi connectivity index (χ4v) is 11.7. The summed E-state index contributed by atoms with van der Waals surface area (Å²) >= 11 is 22.5. The standard InChI is InChI=1S/C14H16BrClN4O.C14H18BrN5O.C10H7BrClN3O.C4H9NO.C4H6O4.C2H3BO2.H3N.Na.H2O/c2*15-12-11-13(16)17-1-2-20(11)14(18-12)9-7-10(8-9)19-3-5-21-6-4-19;11-8-7-9(12)13-1-2-15(7)10(14-8)5-3-6(16)4-5;1-3-6-4-2-5-1;1-3(5)7-8-4(2)6;1-2(4)5-3;;;/h1-2,9-10H,3-8H2;1-2,9-10H,3-8H2,(H2,16,17);1-2,5H,3-4H2;5H,1-4H2;1-2H3;1H3;1H3;;1H2/q;;;;;-1;;+1;. The molecule has 3 aliphatic heterocycles. The summed E-state index contributed by atoms with van der Waals surface area (Å²) in [5, 5.41) is 4.07. The molecule has 3 radical (unpaired) electrons. The first-order valence-corrected chi connectivity index (χ1v) is 28.0. The van der Waals surface area contributed by atoms with Crippen LogP contribution in [-0.2, 0) is 47.8 Å². The predicted octanol–water partition coefficient (Wildman–Crippen LogP) is 2.58. The van der Waals surface area contributed by atoms with Crippen molar-refractivity contribution in [3.8, 4) is 0 Å². The van der Waals surface area contributed by atoms with Gasteiger partial charge in [-0.2, -0.15) is 0 Å². The minimum Gasteiger partial charge on any atom is -0.793 e. The average Bonchev–Trinajstić information content (AvgIpc) is 4.04. The van der Waals surface area contributed by atoms with Gasteiger partial charge in [0.15, 0.2) is 16.1 Å². The van der Waals surface area contributed by atoms with E-state index in [1.165, 1.54) is 6.92 Å². The number of carbonyl (C=O) groups excluding carboxylic acids is 4. The first-order valence-electron chi connectivity index (χ1n) is 24.8. The first kappa shape index (κ1) is 69.0. The van der Waals surface area contributed by atoms with Gasteiger partial charge >= 0.3 is 41.5 Å². The van der Waals surface area contributed by atoms with Crippen molar-refractivity contribution in [2.75, 3.05) is 84.6 Å². The molecule has 25 nitrogen and oxygen atoms in total. The molecule has 0 atom stereocenters. The van der Waals surface area contributed by atoms with Crippen LogP contribution in [0.25, 0.3) is 16.6 Å². The number of rotatable bonds is 5. The summed E-state index contributed by atoms with van der Waals surface area (Å²) in [6, 6.07) is 1.34. The topological polar surface area (TPSA) is 325 Å². The third kappa shape index (κ3) is 18.5. The Kier molecular flexibility index (Phi) is 29.1. The van der Waals surface area contributed by atoms with Crippen LogP contribution < -0.4 is 46.8 Å². The van der Waals surface area contributed by atoms with Gasteiger partial charge in [-0.3, -0.25) is 32.6 Å². The third-order valence-electron chi connectivity index (χ3n) is 13.2. The number of ketones is 1. The summed E-state index contributed by atoms with van der Waals surface area (Å²) in [7, 11) is 4.32. The molecule has 0 bridgehead atoms. The minimum atomic E-state index is -0.639. The van der Waals surface area contributed by atoms with Crippen molar-refractivity contribution >= 4 is 125 Å². The molecule has 6 fully saturated rings. The van der Waals surface area contributed by atoms with Crippen LogP contribution in [0, 0.1) is 0 Å².